The normalized spacial score (nSPS) is 22.6. The molecule has 0 spiro atoms. The van der Waals surface area contributed by atoms with Crippen LogP contribution in [-0.4, -0.2) is 31.9 Å². The largest absolute Gasteiger partial charge is 0.497 e. The molecule has 0 bridgehead atoms. The predicted molar refractivity (Wildman–Crippen MR) is 70.1 cm³/mol. The van der Waals surface area contributed by atoms with Crippen LogP contribution in [0.25, 0.3) is 0 Å². The number of rotatable bonds is 4. The molecule has 0 amide bonds. The van der Waals surface area contributed by atoms with E-state index in [0.717, 1.165) is 30.7 Å². The molecule has 2 rings (SSSR count). The maximum Gasteiger partial charge on any atom is 0.125 e. The fourth-order valence-corrected chi connectivity index (χ4v) is 2.56. The van der Waals surface area contributed by atoms with Crippen LogP contribution in [0.1, 0.15) is 25.3 Å². The van der Waals surface area contributed by atoms with E-state index < -0.39 is 5.60 Å². The summed E-state index contributed by atoms with van der Waals surface area (Å²) in [5.74, 6) is 1.42. The van der Waals surface area contributed by atoms with Gasteiger partial charge in [0.05, 0.1) is 14.2 Å². The zero-order valence-electron chi connectivity index (χ0n) is 11.2. The summed E-state index contributed by atoms with van der Waals surface area (Å²) in [4.78, 5) is 0. The molecular formula is C14H21NO3. The van der Waals surface area contributed by atoms with E-state index >= 15 is 0 Å². The fourth-order valence-electron chi connectivity index (χ4n) is 2.56. The third kappa shape index (κ3) is 2.31. The average molecular weight is 251 g/mol. The molecule has 0 aliphatic carbocycles. The van der Waals surface area contributed by atoms with Crippen LogP contribution >= 0.6 is 0 Å². The molecule has 2 N–H and O–H groups in total. The molecule has 1 aromatic rings. The number of ether oxygens (including phenoxy) is 2. The van der Waals surface area contributed by atoms with Crippen LogP contribution < -0.4 is 14.8 Å². The molecule has 1 heterocycles. The van der Waals surface area contributed by atoms with Crippen molar-refractivity contribution in [3.8, 4) is 11.5 Å². The molecule has 0 radical (unpaired) electrons. The molecule has 2 atom stereocenters. The Morgan fingerprint density at radius 2 is 2.11 bits per heavy atom. The number of hydrogen-bond donors (Lipinski definition) is 2. The first kappa shape index (κ1) is 13.2. The maximum atomic E-state index is 10.8. The van der Waals surface area contributed by atoms with Crippen molar-refractivity contribution in [2.75, 3.05) is 20.8 Å². The lowest BCUT2D eigenvalue weighted by molar-refractivity contribution is 0.0195. The topological polar surface area (TPSA) is 50.7 Å². The van der Waals surface area contributed by atoms with Crippen LogP contribution in [0.5, 0.6) is 11.5 Å². The van der Waals surface area contributed by atoms with Gasteiger partial charge in [-0.2, -0.15) is 0 Å². The number of nitrogens with one attached hydrogen (secondary N) is 1. The van der Waals surface area contributed by atoms with Gasteiger partial charge in [-0.25, -0.2) is 0 Å². The summed E-state index contributed by atoms with van der Waals surface area (Å²) in [5.41, 5.74) is -0.195. The van der Waals surface area contributed by atoms with Gasteiger partial charge in [0.25, 0.3) is 0 Å². The summed E-state index contributed by atoms with van der Waals surface area (Å²) in [6.07, 6.45) is 2.06. The molecule has 1 aliphatic rings. The quantitative estimate of drug-likeness (QED) is 0.854. The van der Waals surface area contributed by atoms with Crippen molar-refractivity contribution in [1.82, 2.24) is 5.32 Å². The van der Waals surface area contributed by atoms with Crippen LogP contribution in [-0.2, 0) is 5.60 Å². The number of hydrogen-bond acceptors (Lipinski definition) is 4. The van der Waals surface area contributed by atoms with Crippen LogP contribution in [0.15, 0.2) is 18.2 Å². The highest BCUT2D eigenvalue weighted by molar-refractivity contribution is 5.44. The minimum Gasteiger partial charge on any atom is -0.497 e. The minimum absolute atomic E-state index is 0.0542. The van der Waals surface area contributed by atoms with Crippen LogP contribution in [0, 0.1) is 0 Å². The van der Waals surface area contributed by atoms with Crippen LogP contribution in [0.2, 0.25) is 0 Å². The zero-order chi connectivity index (χ0) is 13.2. The first-order valence-corrected chi connectivity index (χ1v) is 6.28. The summed E-state index contributed by atoms with van der Waals surface area (Å²) in [7, 11) is 3.23. The van der Waals surface area contributed by atoms with Crippen molar-refractivity contribution < 1.29 is 14.6 Å². The van der Waals surface area contributed by atoms with E-state index in [1.54, 1.807) is 14.2 Å². The Labute approximate surface area is 108 Å². The molecule has 0 saturated carbocycles. The molecule has 0 aromatic heterocycles. The lowest BCUT2D eigenvalue weighted by atomic mass is 9.86. The van der Waals surface area contributed by atoms with Gasteiger partial charge in [0.1, 0.15) is 17.1 Å². The number of methoxy groups -OCH3 is 2. The van der Waals surface area contributed by atoms with Gasteiger partial charge in [-0.3, -0.25) is 0 Å². The molecule has 1 saturated heterocycles. The molecule has 4 heteroatoms. The van der Waals surface area contributed by atoms with Crippen molar-refractivity contribution in [2.24, 2.45) is 0 Å². The van der Waals surface area contributed by atoms with Crippen molar-refractivity contribution in [2.45, 2.75) is 31.4 Å². The van der Waals surface area contributed by atoms with Gasteiger partial charge in [-0.05, 0) is 44.5 Å². The van der Waals surface area contributed by atoms with Gasteiger partial charge in [-0.1, -0.05) is 0 Å². The Hall–Kier alpha value is -1.26. The van der Waals surface area contributed by atoms with Crippen molar-refractivity contribution in [3.63, 3.8) is 0 Å². The Balaban J connectivity index is 2.40. The van der Waals surface area contributed by atoms with E-state index in [2.05, 4.69) is 5.32 Å². The van der Waals surface area contributed by atoms with Crippen LogP contribution in [0.3, 0.4) is 0 Å². The Kier molecular flexibility index (Phi) is 3.78. The highest BCUT2D eigenvalue weighted by Gasteiger charge is 2.37. The van der Waals surface area contributed by atoms with Crippen LogP contribution in [0.4, 0.5) is 0 Å². The first-order valence-electron chi connectivity index (χ1n) is 6.28. The van der Waals surface area contributed by atoms with Gasteiger partial charge >= 0.3 is 0 Å². The standard InChI is InChI=1S/C14H21NO3/c1-14(16,13-5-4-8-15-13)11-9-10(17-2)6-7-12(11)18-3/h6-7,9,13,15-16H,4-5,8H2,1-3H3. The molecule has 100 valence electrons. The molecule has 1 aromatic carbocycles. The second-order valence-corrected chi connectivity index (χ2v) is 4.86. The maximum absolute atomic E-state index is 10.8. The zero-order valence-corrected chi connectivity index (χ0v) is 11.2. The second-order valence-electron chi connectivity index (χ2n) is 4.86. The van der Waals surface area contributed by atoms with Crippen molar-refractivity contribution in [1.29, 1.82) is 0 Å². The summed E-state index contributed by atoms with van der Waals surface area (Å²) >= 11 is 0. The van der Waals surface area contributed by atoms with E-state index in [9.17, 15) is 5.11 Å². The monoisotopic (exact) mass is 251 g/mol. The second kappa shape index (κ2) is 5.16. The minimum atomic E-state index is -0.962. The lowest BCUT2D eigenvalue weighted by Gasteiger charge is -2.32. The SMILES string of the molecule is COc1ccc(OC)c(C(C)(O)C2CCCN2)c1. The van der Waals surface area contributed by atoms with E-state index in [0.29, 0.717) is 5.75 Å². The average Bonchev–Trinajstić information content (AvgIpc) is 2.92. The van der Waals surface area contributed by atoms with E-state index in [1.807, 2.05) is 25.1 Å². The van der Waals surface area contributed by atoms with Gasteiger partial charge < -0.3 is 19.9 Å². The van der Waals surface area contributed by atoms with Gasteiger partial charge in [0.2, 0.25) is 0 Å². The van der Waals surface area contributed by atoms with E-state index in [1.165, 1.54) is 0 Å². The summed E-state index contributed by atoms with van der Waals surface area (Å²) in [6.45, 7) is 2.78. The van der Waals surface area contributed by atoms with Gasteiger partial charge in [0.15, 0.2) is 0 Å². The molecular weight excluding hydrogens is 230 g/mol. The highest BCUT2D eigenvalue weighted by Crippen LogP contribution is 2.37. The Bertz CT molecular complexity index is 412. The summed E-state index contributed by atoms with van der Waals surface area (Å²) < 4.78 is 10.6. The summed E-state index contributed by atoms with van der Waals surface area (Å²) in [5, 5.41) is 14.2. The molecule has 1 aliphatic heterocycles. The van der Waals surface area contributed by atoms with Crippen molar-refractivity contribution >= 4 is 0 Å². The van der Waals surface area contributed by atoms with Gasteiger partial charge in [-0.15, -0.1) is 0 Å². The van der Waals surface area contributed by atoms with E-state index in [4.69, 9.17) is 9.47 Å². The lowest BCUT2D eigenvalue weighted by Crippen LogP contribution is -2.43. The molecule has 18 heavy (non-hydrogen) atoms. The Morgan fingerprint density at radius 1 is 1.33 bits per heavy atom. The summed E-state index contributed by atoms with van der Waals surface area (Å²) in [6, 6.07) is 5.56. The van der Waals surface area contributed by atoms with Gasteiger partial charge in [0, 0.05) is 11.6 Å². The highest BCUT2D eigenvalue weighted by atomic mass is 16.5. The third-order valence-corrected chi connectivity index (χ3v) is 3.69. The molecule has 2 unspecified atom stereocenters. The number of aliphatic hydroxyl groups is 1. The van der Waals surface area contributed by atoms with E-state index in [-0.39, 0.29) is 6.04 Å². The third-order valence-electron chi connectivity index (χ3n) is 3.69. The predicted octanol–water partition coefficient (Wildman–Crippen LogP) is 1.66. The molecule has 4 nitrogen and oxygen atoms in total. The number of benzene rings is 1. The first-order chi connectivity index (χ1) is 8.59. The smallest absolute Gasteiger partial charge is 0.125 e. The van der Waals surface area contributed by atoms with Crippen molar-refractivity contribution in [3.05, 3.63) is 23.8 Å². The Morgan fingerprint density at radius 3 is 2.67 bits per heavy atom. The molecule has 1 fully saturated rings. The fraction of sp³-hybridized carbons (Fsp3) is 0.571.